The molecular weight excluding hydrogens is 330 g/mol. The van der Waals surface area contributed by atoms with Crippen molar-refractivity contribution in [1.82, 2.24) is 5.32 Å². The Morgan fingerprint density at radius 1 is 1.22 bits per heavy atom. The van der Waals surface area contributed by atoms with Crippen molar-refractivity contribution >= 4 is 28.8 Å². The molecule has 0 aliphatic carbocycles. The summed E-state index contributed by atoms with van der Waals surface area (Å²) < 4.78 is 5.52. The largest absolute Gasteiger partial charge is 0.381 e. The van der Waals surface area contributed by atoms with E-state index in [1.807, 2.05) is 24.3 Å². The van der Waals surface area contributed by atoms with Crippen LogP contribution < -0.4 is 5.32 Å². The maximum Gasteiger partial charge on any atom is 0.224 e. The Kier molecular flexibility index (Phi) is 5.36. The summed E-state index contributed by atoms with van der Waals surface area (Å²) in [5, 5.41) is 5.85. The van der Waals surface area contributed by atoms with Gasteiger partial charge in [0.1, 0.15) is 0 Å². The number of halogens is 1. The molecule has 0 spiro atoms. The predicted molar refractivity (Wildman–Crippen MR) is 94.2 cm³/mol. The van der Waals surface area contributed by atoms with Gasteiger partial charge in [-0.05, 0) is 35.9 Å². The van der Waals surface area contributed by atoms with Crippen LogP contribution in [0.15, 0.2) is 41.8 Å². The van der Waals surface area contributed by atoms with Crippen LogP contribution >= 0.6 is 22.9 Å². The SMILES string of the molecule is O=C(Cc1ccccc1Cl)NCC1(c2cccs2)CCOCC1. The lowest BCUT2D eigenvalue weighted by atomic mass is 9.78. The van der Waals surface area contributed by atoms with Crippen LogP contribution in [0.3, 0.4) is 0 Å². The average molecular weight is 350 g/mol. The van der Waals surface area contributed by atoms with Gasteiger partial charge in [-0.1, -0.05) is 35.9 Å². The first-order valence-corrected chi connectivity index (χ1v) is 9.07. The smallest absolute Gasteiger partial charge is 0.224 e. The van der Waals surface area contributed by atoms with Gasteiger partial charge in [0, 0.05) is 35.1 Å². The predicted octanol–water partition coefficient (Wildman–Crippen LogP) is 3.81. The molecule has 1 N–H and O–H groups in total. The lowest BCUT2D eigenvalue weighted by molar-refractivity contribution is -0.120. The Labute approximate surface area is 145 Å². The second-order valence-corrected chi connectivity index (χ2v) is 7.27. The van der Waals surface area contributed by atoms with Gasteiger partial charge in [-0.2, -0.15) is 0 Å². The Hall–Kier alpha value is -1.36. The van der Waals surface area contributed by atoms with E-state index in [0.29, 0.717) is 18.0 Å². The first kappa shape index (κ1) is 16.5. The van der Waals surface area contributed by atoms with E-state index in [2.05, 4.69) is 22.8 Å². The van der Waals surface area contributed by atoms with Gasteiger partial charge >= 0.3 is 0 Å². The van der Waals surface area contributed by atoms with Crippen molar-refractivity contribution in [2.75, 3.05) is 19.8 Å². The Balaban J connectivity index is 1.65. The molecule has 1 aliphatic heterocycles. The Morgan fingerprint density at radius 3 is 2.70 bits per heavy atom. The number of hydrogen-bond acceptors (Lipinski definition) is 3. The quantitative estimate of drug-likeness (QED) is 0.891. The number of carbonyl (C=O) groups is 1. The van der Waals surface area contributed by atoms with E-state index in [-0.39, 0.29) is 11.3 Å². The lowest BCUT2D eigenvalue weighted by Crippen LogP contribution is -2.44. The number of ether oxygens (including phenoxy) is 1. The number of thiophene rings is 1. The minimum Gasteiger partial charge on any atom is -0.381 e. The summed E-state index contributed by atoms with van der Waals surface area (Å²) in [6.45, 7) is 2.15. The van der Waals surface area contributed by atoms with Crippen molar-refractivity contribution in [3.05, 3.63) is 57.2 Å². The second-order valence-electron chi connectivity index (χ2n) is 5.91. The van der Waals surface area contributed by atoms with Crippen molar-refractivity contribution in [1.29, 1.82) is 0 Å². The van der Waals surface area contributed by atoms with Crippen LogP contribution in [-0.4, -0.2) is 25.7 Å². The van der Waals surface area contributed by atoms with Crippen LogP contribution in [0.2, 0.25) is 5.02 Å². The summed E-state index contributed by atoms with van der Waals surface area (Å²) >= 11 is 7.89. The number of hydrogen-bond donors (Lipinski definition) is 1. The summed E-state index contributed by atoms with van der Waals surface area (Å²) in [4.78, 5) is 13.7. The van der Waals surface area contributed by atoms with E-state index >= 15 is 0 Å². The van der Waals surface area contributed by atoms with Crippen LogP contribution in [0.4, 0.5) is 0 Å². The monoisotopic (exact) mass is 349 g/mol. The van der Waals surface area contributed by atoms with Gasteiger partial charge < -0.3 is 10.1 Å². The molecule has 1 aromatic heterocycles. The summed E-state index contributed by atoms with van der Waals surface area (Å²) in [5.41, 5.74) is 0.867. The molecule has 3 nitrogen and oxygen atoms in total. The van der Waals surface area contributed by atoms with E-state index in [4.69, 9.17) is 16.3 Å². The average Bonchev–Trinajstić information content (AvgIpc) is 3.11. The molecule has 122 valence electrons. The third kappa shape index (κ3) is 3.94. The fourth-order valence-electron chi connectivity index (χ4n) is 3.00. The minimum atomic E-state index is 0.00254. The van der Waals surface area contributed by atoms with Gasteiger partial charge in [-0.15, -0.1) is 11.3 Å². The van der Waals surface area contributed by atoms with Crippen molar-refractivity contribution in [2.24, 2.45) is 0 Å². The van der Waals surface area contributed by atoms with Crippen molar-refractivity contribution in [3.8, 4) is 0 Å². The number of amides is 1. The molecule has 1 amide bonds. The molecule has 1 aliphatic rings. The molecule has 23 heavy (non-hydrogen) atoms. The fraction of sp³-hybridized carbons (Fsp3) is 0.389. The maximum atomic E-state index is 12.3. The molecule has 0 unspecified atom stereocenters. The summed E-state index contributed by atoms with van der Waals surface area (Å²) in [7, 11) is 0. The van der Waals surface area contributed by atoms with Crippen LogP contribution in [0.5, 0.6) is 0 Å². The third-order valence-electron chi connectivity index (χ3n) is 4.43. The van der Waals surface area contributed by atoms with Crippen LogP contribution in [0.25, 0.3) is 0 Å². The summed E-state index contributed by atoms with van der Waals surface area (Å²) in [6.07, 6.45) is 2.20. The fourth-order valence-corrected chi connectivity index (χ4v) is 4.19. The topological polar surface area (TPSA) is 38.3 Å². The standard InChI is InChI=1S/C18H20ClNO2S/c19-15-5-2-1-4-14(15)12-17(21)20-13-18(7-9-22-10-8-18)16-6-3-11-23-16/h1-6,11H,7-10,12-13H2,(H,20,21). The van der Waals surface area contributed by atoms with Gasteiger partial charge in [0.2, 0.25) is 5.91 Å². The Morgan fingerprint density at radius 2 is 2.00 bits per heavy atom. The first-order valence-electron chi connectivity index (χ1n) is 7.81. The highest BCUT2D eigenvalue weighted by molar-refractivity contribution is 7.10. The van der Waals surface area contributed by atoms with E-state index in [0.717, 1.165) is 31.6 Å². The van der Waals surface area contributed by atoms with E-state index in [9.17, 15) is 4.79 Å². The highest BCUT2D eigenvalue weighted by atomic mass is 35.5. The van der Waals surface area contributed by atoms with Gasteiger partial charge in [-0.3, -0.25) is 4.79 Å². The van der Waals surface area contributed by atoms with Gasteiger partial charge in [0.25, 0.3) is 0 Å². The van der Waals surface area contributed by atoms with E-state index in [1.165, 1.54) is 4.88 Å². The second kappa shape index (κ2) is 7.47. The molecule has 3 rings (SSSR count). The van der Waals surface area contributed by atoms with Crippen LogP contribution in [0, 0.1) is 0 Å². The van der Waals surface area contributed by atoms with Gasteiger partial charge in [0.15, 0.2) is 0 Å². The van der Waals surface area contributed by atoms with Crippen molar-refractivity contribution in [3.63, 3.8) is 0 Å². The minimum absolute atomic E-state index is 0.00254. The normalized spacial score (nSPS) is 16.9. The first-order chi connectivity index (χ1) is 11.2. The van der Waals surface area contributed by atoms with Crippen molar-refractivity contribution in [2.45, 2.75) is 24.7 Å². The molecule has 2 aromatic rings. The molecule has 0 radical (unpaired) electrons. The highest BCUT2D eigenvalue weighted by Gasteiger charge is 2.35. The zero-order valence-electron chi connectivity index (χ0n) is 12.9. The zero-order chi connectivity index (χ0) is 16.1. The molecule has 1 aromatic carbocycles. The zero-order valence-corrected chi connectivity index (χ0v) is 14.5. The van der Waals surface area contributed by atoms with Gasteiger partial charge in [-0.25, -0.2) is 0 Å². The maximum absolute atomic E-state index is 12.3. The summed E-state index contributed by atoms with van der Waals surface area (Å²) in [6, 6.07) is 11.7. The van der Waals surface area contributed by atoms with E-state index < -0.39 is 0 Å². The van der Waals surface area contributed by atoms with Crippen molar-refractivity contribution < 1.29 is 9.53 Å². The lowest BCUT2D eigenvalue weighted by Gasteiger charge is -2.36. The highest BCUT2D eigenvalue weighted by Crippen LogP contribution is 2.37. The van der Waals surface area contributed by atoms with Crippen LogP contribution in [-0.2, 0) is 21.4 Å². The van der Waals surface area contributed by atoms with E-state index in [1.54, 1.807) is 11.3 Å². The van der Waals surface area contributed by atoms with Gasteiger partial charge in [0.05, 0.1) is 6.42 Å². The molecule has 1 fully saturated rings. The molecule has 2 heterocycles. The number of carbonyl (C=O) groups excluding carboxylic acids is 1. The molecule has 1 saturated heterocycles. The molecule has 0 bridgehead atoms. The van der Waals surface area contributed by atoms with Crippen LogP contribution in [0.1, 0.15) is 23.3 Å². The number of benzene rings is 1. The molecule has 0 saturated carbocycles. The molecule has 5 heteroatoms. The summed E-state index contributed by atoms with van der Waals surface area (Å²) in [5.74, 6) is 0.0144. The molecular formula is C18H20ClNO2S. The molecule has 0 atom stereocenters. The number of rotatable bonds is 5. The number of nitrogens with one attached hydrogen (secondary N) is 1. The Bertz CT molecular complexity index is 651. The third-order valence-corrected chi connectivity index (χ3v) is 5.91.